The van der Waals surface area contributed by atoms with Gasteiger partial charge in [0.05, 0.1) is 0 Å². The molecule has 1 N–H and O–H groups in total. The van der Waals surface area contributed by atoms with Crippen LogP contribution in [-0.2, 0) is 29.2 Å². The van der Waals surface area contributed by atoms with Crippen LogP contribution in [0.15, 0.2) is 33.9 Å². The van der Waals surface area contributed by atoms with Gasteiger partial charge in [-0.3, -0.25) is 14.3 Å². The third-order valence-corrected chi connectivity index (χ3v) is 5.78. The van der Waals surface area contributed by atoms with Crippen molar-refractivity contribution in [2.45, 2.75) is 59.7 Å². The summed E-state index contributed by atoms with van der Waals surface area (Å²) in [5.41, 5.74) is 0.428. The molecule has 10 nitrogen and oxygen atoms in total. The number of aromatic nitrogens is 4. The van der Waals surface area contributed by atoms with E-state index in [1.165, 1.54) is 10.6 Å². The number of nitrogens with zero attached hydrogens (tertiary/aromatic N) is 3. The fourth-order valence-electron chi connectivity index (χ4n) is 3.84. The molecule has 0 amide bonds. The molecule has 35 heavy (non-hydrogen) atoms. The molecule has 0 radical (unpaired) electrons. The van der Waals surface area contributed by atoms with Crippen LogP contribution >= 0.6 is 0 Å². The highest BCUT2D eigenvalue weighted by molar-refractivity contribution is 5.87. The number of hydrogen-bond donors (Lipinski definition) is 1. The van der Waals surface area contributed by atoms with E-state index in [4.69, 9.17) is 14.2 Å². The SMILES string of the molecule is CCCCn1c(=O)[nH]c(=O)c2c1nc(COC(=O)/C=C/c1ccc3c(c1)OCO3)n2CCC(C)C. The first-order valence-electron chi connectivity index (χ1n) is 11.8. The van der Waals surface area contributed by atoms with Crippen LogP contribution in [0.3, 0.4) is 0 Å². The number of unbranched alkanes of at least 4 members (excludes halogenated alkanes) is 1. The van der Waals surface area contributed by atoms with Crippen LogP contribution in [0.2, 0.25) is 0 Å². The van der Waals surface area contributed by atoms with Crippen LogP contribution < -0.4 is 20.7 Å². The molecule has 2 aromatic heterocycles. The van der Waals surface area contributed by atoms with Crippen LogP contribution in [0.5, 0.6) is 11.5 Å². The van der Waals surface area contributed by atoms with Crippen LogP contribution in [0.1, 0.15) is 51.4 Å². The summed E-state index contributed by atoms with van der Waals surface area (Å²) >= 11 is 0. The number of H-pyrrole nitrogens is 1. The molecule has 0 fully saturated rings. The van der Waals surface area contributed by atoms with Crippen molar-refractivity contribution in [1.29, 1.82) is 0 Å². The molecule has 1 aliphatic heterocycles. The lowest BCUT2D eigenvalue weighted by molar-refractivity contribution is -0.139. The van der Waals surface area contributed by atoms with E-state index in [0.717, 1.165) is 24.8 Å². The highest BCUT2D eigenvalue weighted by Crippen LogP contribution is 2.32. The van der Waals surface area contributed by atoms with Crippen molar-refractivity contribution >= 4 is 23.2 Å². The number of benzene rings is 1. The number of carbonyl (C=O) groups excluding carboxylic acids is 1. The zero-order chi connectivity index (χ0) is 24.9. The van der Waals surface area contributed by atoms with Crippen molar-refractivity contribution in [3.05, 3.63) is 56.5 Å². The Bertz CT molecular complexity index is 1360. The minimum atomic E-state index is -0.553. The zero-order valence-corrected chi connectivity index (χ0v) is 20.2. The van der Waals surface area contributed by atoms with Crippen molar-refractivity contribution in [1.82, 2.24) is 19.1 Å². The number of hydrogen-bond acceptors (Lipinski definition) is 7. The van der Waals surface area contributed by atoms with Gasteiger partial charge in [-0.05, 0) is 42.5 Å². The van der Waals surface area contributed by atoms with E-state index in [1.54, 1.807) is 22.8 Å². The van der Waals surface area contributed by atoms with Gasteiger partial charge >= 0.3 is 11.7 Å². The summed E-state index contributed by atoms with van der Waals surface area (Å²) in [6.45, 7) is 7.21. The lowest BCUT2D eigenvalue weighted by Gasteiger charge is -2.11. The van der Waals surface area contributed by atoms with Gasteiger partial charge in [0.1, 0.15) is 12.4 Å². The molecule has 0 spiro atoms. The fourth-order valence-corrected chi connectivity index (χ4v) is 3.84. The largest absolute Gasteiger partial charge is 0.454 e. The predicted molar refractivity (Wildman–Crippen MR) is 130 cm³/mol. The standard InChI is InChI=1S/C25H30N4O6/c1-4-5-11-29-23-22(24(31)27-25(29)32)28(12-10-16(2)3)20(26-23)14-33-21(30)9-7-17-6-8-18-19(13-17)35-15-34-18/h6-9,13,16H,4-5,10-12,14-15H2,1-3H3,(H,27,31,32)/b9-7+. The van der Waals surface area contributed by atoms with E-state index in [0.29, 0.717) is 47.5 Å². The molecule has 10 heteroatoms. The van der Waals surface area contributed by atoms with E-state index in [9.17, 15) is 14.4 Å². The number of carbonyl (C=O) groups is 1. The molecule has 3 aromatic rings. The second kappa shape index (κ2) is 10.6. The minimum Gasteiger partial charge on any atom is -0.454 e. The molecule has 1 aromatic carbocycles. The minimum absolute atomic E-state index is 0.126. The van der Waals surface area contributed by atoms with Crippen LogP contribution in [-0.4, -0.2) is 31.9 Å². The van der Waals surface area contributed by atoms with Crippen LogP contribution in [0.25, 0.3) is 17.2 Å². The molecule has 0 saturated carbocycles. The van der Waals surface area contributed by atoms with Gasteiger partial charge in [-0.2, -0.15) is 0 Å². The number of fused-ring (bicyclic) bond motifs is 2. The average molecular weight is 483 g/mol. The van der Waals surface area contributed by atoms with Gasteiger partial charge in [-0.1, -0.05) is 33.3 Å². The summed E-state index contributed by atoms with van der Waals surface area (Å²) in [5.74, 6) is 1.54. The summed E-state index contributed by atoms with van der Waals surface area (Å²) < 4.78 is 19.3. The Morgan fingerprint density at radius 3 is 2.77 bits per heavy atom. The Hall–Kier alpha value is -3.82. The van der Waals surface area contributed by atoms with Crippen molar-refractivity contribution in [2.24, 2.45) is 5.92 Å². The van der Waals surface area contributed by atoms with Gasteiger partial charge in [0.25, 0.3) is 5.56 Å². The van der Waals surface area contributed by atoms with Crippen molar-refractivity contribution in [2.75, 3.05) is 6.79 Å². The Morgan fingerprint density at radius 2 is 2.00 bits per heavy atom. The van der Waals surface area contributed by atoms with Crippen LogP contribution in [0, 0.1) is 5.92 Å². The summed E-state index contributed by atoms with van der Waals surface area (Å²) in [6.07, 6.45) is 5.40. The van der Waals surface area contributed by atoms with E-state index < -0.39 is 17.2 Å². The quantitative estimate of drug-likeness (QED) is 0.348. The molecule has 1 aliphatic rings. The van der Waals surface area contributed by atoms with Gasteiger partial charge in [0.2, 0.25) is 6.79 Å². The van der Waals surface area contributed by atoms with Gasteiger partial charge in [-0.15, -0.1) is 0 Å². The number of nitrogens with one attached hydrogen (secondary N) is 1. The maximum absolute atomic E-state index is 12.7. The van der Waals surface area contributed by atoms with Gasteiger partial charge in [0, 0.05) is 19.2 Å². The molecule has 0 unspecified atom stereocenters. The van der Waals surface area contributed by atoms with E-state index >= 15 is 0 Å². The molecule has 4 rings (SSSR count). The molecular formula is C25H30N4O6. The number of esters is 1. The second-order valence-corrected chi connectivity index (χ2v) is 8.85. The first kappa shape index (κ1) is 24.3. The highest BCUT2D eigenvalue weighted by Gasteiger charge is 2.19. The Balaban J connectivity index is 1.57. The van der Waals surface area contributed by atoms with Gasteiger partial charge in [0.15, 0.2) is 22.7 Å². The third kappa shape index (κ3) is 5.47. The normalized spacial score (nSPS) is 12.8. The maximum atomic E-state index is 12.7. The summed E-state index contributed by atoms with van der Waals surface area (Å²) in [6, 6.07) is 5.36. The highest BCUT2D eigenvalue weighted by atomic mass is 16.7. The Morgan fingerprint density at radius 1 is 1.20 bits per heavy atom. The number of aryl methyl sites for hydroxylation is 2. The third-order valence-electron chi connectivity index (χ3n) is 5.78. The first-order chi connectivity index (χ1) is 16.9. The number of imidazole rings is 1. The first-order valence-corrected chi connectivity index (χ1v) is 11.8. The van der Waals surface area contributed by atoms with E-state index in [2.05, 4.69) is 23.8 Å². The zero-order valence-electron chi connectivity index (χ0n) is 20.2. The molecule has 0 bridgehead atoms. The summed E-state index contributed by atoms with van der Waals surface area (Å²) in [5, 5.41) is 0. The van der Waals surface area contributed by atoms with Crippen molar-refractivity contribution in [3.63, 3.8) is 0 Å². The summed E-state index contributed by atoms with van der Waals surface area (Å²) in [7, 11) is 0. The summed E-state index contributed by atoms with van der Waals surface area (Å²) in [4.78, 5) is 44.6. The van der Waals surface area contributed by atoms with Crippen LogP contribution in [0.4, 0.5) is 0 Å². The Kier molecular flexibility index (Phi) is 7.38. The van der Waals surface area contributed by atoms with E-state index in [1.807, 2.05) is 13.0 Å². The monoisotopic (exact) mass is 482 g/mol. The molecule has 186 valence electrons. The van der Waals surface area contributed by atoms with Crippen molar-refractivity contribution in [3.8, 4) is 11.5 Å². The lowest BCUT2D eigenvalue weighted by atomic mass is 10.1. The van der Waals surface area contributed by atoms with Gasteiger partial charge < -0.3 is 18.8 Å². The Labute approximate surface area is 202 Å². The smallest absolute Gasteiger partial charge is 0.331 e. The maximum Gasteiger partial charge on any atom is 0.331 e. The van der Waals surface area contributed by atoms with Crippen molar-refractivity contribution < 1.29 is 19.0 Å². The molecule has 3 heterocycles. The molecule has 0 atom stereocenters. The topological polar surface area (TPSA) is 117 Å². The lowest BCUT2D eigenvalue weighted by Crippen LogP contribution is -2.31. The predicted octanol–water partition coefficient (Wildman–Crippen LogP) is 3.22. The number of aromatic amines is 1. The van der Waals surface area contributed by atoms with Gasteiger partial charge in [-0.25, -0.2) is 14.6 Å². The fraction of sp³-hybridized carbons (Fsp3) is 0.440. The number of rotatable bonds is 10. The number of ether oxygens (including phenoxy) is 3. The average Bonchev–Trinajstić information content (AvgIpc) is 3.44. The molecule has 0 saturated heterocycles. The molecular weight excluding hydrogens is 452 g/mol. The molecule has 0 aliphatic carbocycles. The second-order valence-electron chi connectivity index (χ2n) is 8.85. The van der Waals surface area contributed by atoms with E-state index in [-0.39, 0.29) is 13.4 Å².